The first kappa shape index (κ1) is 11.9. The van der Waals surface area contributed by atoms with Crippen LogP contribution in [0.1, 0.15) is 50.1 Å². The maximum absolute atomic E-state index is 12.0. The summed E-state index contributed by atoms with van der Waals surface area (Å²) in [5.41, 5.74) is 4.17. The maximum Gasteiger partial charge on any atom is 0.136 e. The Kier molecular flexibility index (Phi) is 2.45. The van der Waals surface area contributed by atoms with Crippen LogP contribution in [-0.2, 0) is 23.7 Å². The van der Waals surface area contributed by atoms with E-state index in [0.717, 1.165) is 25.7 Å². The van der Waals surface area contributed by atoms with E-state index in [-0.39, 0.29) is 11.3 Å². The highest BCUT2D eigenvalue weighted by molar-refractivity contribution is 5.82. The van der Waals surface area contributed by atoms with E-state index >= 15 is 0 Å². The van der Waals surface area contributed by atoms with Crippen LogP contribution in [-0.4, -0.2) is 15.6 Å². The van der Waals surface area contributed by atoms with Crippen LogP contribution in [0.15, 0.2) is 0 Å². The summed E-state index contributed by atoms with van der Waals surface area (Å²) in [5.74, 6) is 1.17. The van der Waals surface area contributed by atoms with Crippen LogP contribution in [0, 0.1) is 18.8 Å². The molecule has 98 valence electrons. The molecule has 0 radical (unpaired) electrons. The summed E-state index contributed by atoms with van der Waals surface area (Å²) < 4.78 is 2.07. The van der Waals surface area contributed by atoms with Gasteiger partial charge >= 0.3 is 0 Å². The van der Waals surface area contributed by atoms with Crippen molar-refractivity contribution >= 4 is 5.78 Å². The first-order valence-corrected chi connectivity index (χ1v) is 7.01. The van der Waals surface area contributed by atoms with Crippen molar-refractivity contribution in [1.29, 1.82) is 0 Å². The Morgan fingerprint density at radius 2 is 2.11 bits per heavy atom. The molecule has 3 rings (SSSR count). The molecule has 0 saturated heterocycles. The highest BCUT2D eigenvalue weighted by Gasteiger charge is 2.49. The van der Waals surface area contributed by atoms with Crippen LogP contribution >= 0.6 is 0 Å². The second-order valence-electron chi connectivity index (χ2n) is 6.35. The van der Waals surface area contributed by atoms with E-state index in [4.69, 9.17) is 0 Å². The van der Waals surface area contributed by atoms with E-state index in [1.54, 1.807) is 0 Å². The fourth-order valence-corrected chi connectivity index (χ4v) is 4.45. The number of rotatable bonds is 0. The number of Topliss-reactive ketones (excluding diaryl/α,β-unsaturated/α-hetero) is 1. The third-order valence-corrected chi connectivity index (χ3v) is 5.41. The molecule has 1 aromatic heterocycles. The van der Waals surface area contributed by atoms with E-state index in [2.05, 4.69) is 37.6 Å². The summed E-state index contributed by atoms with van der Waals surface area (Å²) >= 11 is 0. The molecule has 1 aromatic rings. The van der Waals surface area contributed by atoms with Gasteiger partial charge in [-0.15, -0.1) is 0 Å². The molecular weight excluding hydrogens is 224 g/mol. The van der Waals surface area contributed by atoms with Crippen molar-refractivity contribution in [3.05, 3.63) is 17.0 Å². The molecule has 0 amide bonds. The first-order valence-electron chi connectivity index (χ1n) is 7.01. The zero-order valence-corrected chi connectivity index (χ0v) is 11.8. The van der Waals surface area contributed by atoms with Crippen molar-refractivity contribution in [3.8, 4) is 0 Å². The normalized spacial score (nSPS) is 35.2. The lowest BCUT2D eigenvalue weighted by atomic mass is 9.56. The predicted octanol–water partition coefficient (Wildman–Crippen LogP) is 2.55. The Balaban J connectivity index is 2.14. The number of nitrogens with zero attached hydrogens (tertiary/aromatic N) is 2. The van der Waals surface area contributed by atoms with E-state index in [1.807, 2.05) is 0 Å². The van der Waals surface area contributed by atoms with Crippen molar-refractivity contribution in [3.63, 3.8) is 0 Å². The lowest BCUT2D eigenvalue weighted by Gasteiger charge is -2.47. The number of carbonyl (C=O) groups excluding carboxylic acids is 1. The van der Waals surface area contributed by atoms with Crippen LogP contribution in [0.25, 0.3) is 0 Å². The van der Waals surface area contributed by atoms with Crippen LogP contribution < -0.4 is 0 Å². The SMILES string of the molecule is Cc1nn(C)c2c1CC[C@H]1[C@H](C)C(=O)CC[C@]21C. The monoisotopic (exact) mass is 246 g/mol. The number of aromatic nitrogens is 2. The second-order valence-corrected chi connectivity index (χ2v) is 6.35. The fraction of sp³-hybridized carbons (Fsp3) is 0.733. The van der Waals surface area contributed by atoms with Crippen molar-refractivity contribution < 1.29 is 4.79 Å². The van der Waals surface area contributed by atoms with E-state index in [9.17, 15) is 4.79 Å². The lowest BCUT2D eigenvalue weighted by Crippen LogP contribution is -2.47. The summed E-state index contributed by atoms with van der Waals surface area (Å²) in [6.45, 7) is 6.58. The number of fused-ring (bicyclic) bond motifs is 3. The molecule has 0 bridgehead atoms. The average molecular weight is 246 g/mol. The van der Waals surface area contributed by atoms with Crippen molar-refractivity contribution in [2.75, 3.05) is 0 Å². The highest BCUT2D eigenvalue weighted by atomic mass is 16.1. The van der Waals surface area contributed by atoms with Gasteiger partial charge in [-0.25, -0.2) is 0 Å². The Bertz CT molecular complexity index is 517. The van der Waals surface area contributed by atoms with Crippen LogP contribution in [0.2, 0.25) is 0 Å². The molecule has 1 saturated carbocycles. The minimum absolute atomic E-state index is 0.150. The van der Waals surface area contributed by atoms with E-state index in [0.29, 0.717) is 11.7 Å². The minimum atomic E-state index is 0.150. The van der Waals surface area contributed by atoms with Gasteiger partial charge in [-0.1, -0.05) is 13.8 Å². The Morgan fingerprint density at radius 3 is 2.83 bits per heavy atom. The third kappa shape index (κ3) is 1.36. The van der Waals surface area contributed by atoms with Crippen LogP contribution in [0.3, 0.4) is 0 Å². The van der Waals surface area contributed by atoms with Crippen molar-refractivity contribution in [2.24, 2.45) is 18.9 Å². The molecule has 3 nitrogen and oxygen atoms in total. The average Bonchev–Trinajstić information content (AvgIpc) is 2.61. The van der Waals surface area contributed by atoms with Gasteiger partial charge in [-0.05, 0) is 37.7 Å². The topological polar surface area (TPSA) is 34.9 Å². The molecule has 0 unspecified atom stereocenters. The Labute approximate surface area is 109 Å². The van der Waals surface area contributed by atoms with E-state index in [1.165, 1.54) is 17.0 Å². The van der Waals surface area contributed by atoms with Gasteiger partial charge in [0.2, 0.25) is 0 Å². The Morgan fingerprint density at radius 1 is 1.39 bits per heavy atom. The molecule has 0 aromatic carbocycles. The molecule has 2 aliphatic carbocycles. The van der Waals surface area contributed by atoms with Gasteiger partial charge in [0.25, 0.3) is 0 Å². The summed E-state index contributed by atoms with van der Waals surface area (Å²) in [7, 11) is 2.06. The lowest BCUT2D eigenvalue weighted by molar-refractivity contribution is -0.128. The molecule has 1 fully saturated rings. The predicted molar refractivity (Wildman–Crippen MR) is 70.5 cm³/mol. The van der Waals surface area contributed by atoms with E-state index < -0.39 is 0 Å². The fourth-order valence-electron chi connectivity index (χ4n) is 4.45. The number of aryl methyl sites for hydroxylation is 2. The van der Waals surface area contributed by atoms with Gasteiger partial charge in [0.05, 0.1) is 5.69 Å². The van der Waals surface area contributed by atoms with Gasteiger partial charge in [-0.2, -0.15) is 5.10 Å². The molecular formula is C15H22N2O. The van der Waals surface area contributed by atoms with Crippen molar-refractivity contribution in [2.45, 2.75) is 51.9 Å². The third-order valence-electron chi connectivity index (χ3n) is 5.41. The van der Waals surface area contributed by atoms with Crippen LogP contribution in [0.5, 0.6) is 0 Å². The number of ketones is 1. The van der Waals surface area contributed by atoms with Gasteiger partial charge in [0, 0.05) is 30.5 Å². The summed E-state index contributed by atoms with van der Waals surface area (Å²) in [6, 6.07) is 0. The first-order chi connectivity index (χ1) is 8.45. The van der Waals surface area contributed by atoms with Gasteiger partial charge in [0.1, 0.15) is 5.78 Å². The maximum atomic E-state index is 12.0. The summed E-state index contributed by atoms with van der Waals surface area (Å²) in [4.78, 5) is 12.0. The smallest absolute Gasteiger partial charge is 0.136 e. The number of carbonyl (C=O) groups is 1. The molecule has 0 spiro atoms. The molecule has 0 aliphatic heterocycles. The molecule has 2 aliphatic rings. The van der Waals surface area contributed by atoms with Gasteiger partial charge in [-0.3, -0.25) is 9.48 Å². The molecule has 0 N–H and O–H groups in total. The quantitative estimate of drug-likeness (QED) is 0.705. The summed E-state index contributed by atoms with van der Waals surface area (Å²) in [5, 5.41) is 4.60. The minimum Gasteiger partial charge on any atom is -0.299 e. The van der Waals surface area contributed by atoms with Crippen molar-refractivity contribution in [1.82, 2.24) is 9.78 Å². The largest absolute Gasteiger partial charge is 0.299 e. The Hall–Kier alpha value is -1.12. The highest BCUT2D eigenvalue weighted by Crippen LogP contribution is 2.51. The molecule has 3 heteroatoms. The van der Waals surface area contributed by atoms with Gasteiger partial charge in [0.15, 0.2) is 0 Å². The molecule has 3 atom stereocenters. The standard InChI is InChI=1S/C15H22N2O/c1-9-12-6-5-11-10(2)16-17(4)14(11)15(12,3)8-7-13(9)18/h9,12H,5-8H2,1-4H3/t9-,12-,15-/m0/s1. The second kappa shape index (κ2) is 3.69. The number of hydrogen-bond acceptors (Lipinski definition) is 2. The van der Waals surface area contributed by atoms with Gasteiger partial charge < -0.3 is 0 Å². The molecule has 1 heterocycles. The molecule has 18 heavy (non-hydrogen) atoms. The zero-order chi connectivity index (χ0) is 13.1. The number of hydrogen-bond donors (Lipinski definition) is 0. The van der Waals surface area contributed by atoms with Crippen LogP contribution in [0.4, 0.5) is 0 Å². The zero-order valence-electron chi connectivity index (χ0n) is 11.8. The summed E-state index contributed by atoms with van der Waals surface area (Å²) in [6.07, 6.45) is 3.96.